The highest BCUT2D eigenvalue weighted by Gasteiger charge is 2.34. The quantitative estimate of drug-likeness (QED) is 0.875. The number of methoxy groups -OCH3 is 1. The monoisotopic (exact) mass is 268 g/mol. The van der Waals surface area contributed by atoms with Gasteiger partial charge in [-0.15, -0.1) is 11.3 Å². The molecule has 100 valence electrons. The van der Waals surface area contributed by atoms with Crippen molar-refractivity contribution in [2.45, 2.75) is 44.8 Å². The number of imidazole rings is 1. The molecule has 0 amide bonds. The molecule has 0 aliphatic heterocycles. The van der Waals surface area contributed by atoms with E-state index in [4.69, 9.17) is 4.74 Å². The Morgan fingerprint density at radius 1 is 1.50 bits per heavy atom. The van der Waals surface area contributed by atoms with Crippen LogP contribution in [-0.4, -0.2) is 33.3 Å². The van der Waals surface area contributed by atoms with E-state index < -0.39 is 11.7 Å². The van der Waals surface area contributed by atoms with Crippen molar-refractivity contribution in [2.75, 3.05) is 7.11 Å². The minimum absolute atomic E-state index is 0.461. The van der Waals surface area contributed by atoms with E-state index in [1.54, 1.807) is 18.4 Å². The maximum atomic E-state index is 10.4. The van der Waals surface area contributed by atoms with Crippen LogP contribution >= 0.6 is 11.3 Å². The van der Waals surface area contributed by atoms with Gasteiger partial charge in [-0.2, -0.15) is 0 Å². The fraction of sp³-hybridized carbons (Fsp3) is 0.615. The number of aliphatic hydroxyl groups excluding tert-OH is 1. The van der Waals surface area contributed by atoms with Gasteiger partial charge in [0, 0.05) is 31.3 Å². The molecule has 0 fully saturated rings. The number of hydrogen-bond donors (Lipinski definition) is 1. The van der Waals surface area contributed by atoms with Crippen molar-refractivity contribution in [3.05, 3.63) is 23.5 Å². The summed E-state index contributed by atoms with van der Waals surface area (Å²) in [5, 5.41) is 12.4. The zero-order valence-corrected chi connectivity index (χ0v) is 11.9. The largest absolute Gasteiger partial charge is 0.390 e. The summed E-state index contributed by atoms with van der Waals surface area (Å²) in [6, 6.07) is 0. The average Bonchev–Trinajstić information content (AvgIpc) is 2.92. The predicted octanol–water partition coefficient (Wildman–Crippen LogP) is 2.50. The third kappa shape index (κ3) is 2.30. The number of ether oxygens (including phenoxy) is 1. The zero-order valence-electron chi connectivity index (χ0n) is 11.1. The van der Waals surface area contributed by atoms with E-state index in [9.17, 15) is 5.11 Å². The normalized spacial score (nSPS) is 14.2. The summed E-state index contributed by atoms with van der Waals surface area (Å²) in [4.78, 5) is 5.46. The van der Waals surface area contributed by atoms with Crippen LogP contribution in [0.3, 0.4) is 0 Å². The Hall–Kier alpha value is -0.910. The van der Waals surface area contributed by atoms with Crippen LogP contribution in [0.15, 0.2) is 17.8 Å². The molecule has 18 heavy (non-hydrogen) atoms. The molecule has 5 heteroatoms. The lowest BCUT2D eigenvalue weighted by Crippen LogP contribution is -2.44. The molecule has 2 aromatic rings. The van der Waals surface area contributed by atoms with E-state index in [0.29, 0.717) is 6.42 Å². The average molecular weight is 268 g/mol. The molecule has 0 aliphatic carbocycles. The molecule has 4 nitrogen and oxygen atoms in total. The van der Waals surface area contributed by atoms with E-state index in [0.717, 1.165) is 23.5 Å². The minimum atomic E-state index is -0.526. The molecule has 1 unspecified atom stereocenters. The molecule has 1 N–H and O–H groups in total. The summed E-state index contributed by atoms with van der Waals surface area (Å²) in [5.41, 5.74) is 0.453. The van der Waals surface area contributed by atoms with Crippen LogP contribution in [0.2, 0.25) is 0 Å². The second-order valence-corrected chi connectivity index (χ2v) is 5.39. The second kappa shape index (κ2) is 5.38. The van der Waals surface area contributed by atoms with Crippen molar-refractivity contribution >= 4 is 16.3 Å². The van der Waals surface area contributed by atoms with Gasteiger partial charge in [0.2, 0.25) is 0 Å². The summed E-state index contributed by atoms with van der Waals surface area (Å²) in [7, 11) is 1.67. The molecule has 2 heterocycles. The Bertz CT molecular complexity index is 465. The van der Waals surface area contributed by atoms with Crippen LogP contribution in [0.1, 0.15) is 32.4 Å². The van der Waals surface area contributed by atoms with Gasteiger partial charge in [0.05, 0.1) is 17.4 Å². The highest BCUT2D eigenvalue weighted by molar-refractivity contribution is 7.15. The van der Waals surface area contributed by atoms with Gasteiger partial charge in [-0.05, 0) is 12.8 Å². The first-order valence-corrected chi connectivity index (χ1v) is 7.17. The maximum Gasteiger partial charge on any atom is 0.193 e. The van der Waals surface area contributed by atoms with E-state index in [1.807, 2.05) is 36.0 Å². The summed E-state index contributed by atoms with van der Waals surface area (Å²) in [5.74, 6) is 0. The molecule has 0 radical (unpaired) electrons. The first-order chi connectivity index (χ1) is 8.65. The van der Waals surface area contributed by atoms with Crippen molar-refractivity contribution in [3.8, 4) is 0 Å². The predicted molar refractivity (Wildman–Crippen MR) is 73.1 cm³/mol. The molecule has 0 saturated carbocycles. The SMILES string of the molecule is CCC(CC)(OC)C(O)Cc1cn2ccsc2n1. The van der Waals surface area contributed by atoms with Gasteiger partial charge in [0.1, 0.15) is 0 Å². The molecule has 1 atom stereocenters. The van der Waals surface area contributed by atoms with Gasteiger partial charge >= 0.3 is 0 Å². The van der Waals surface area contributed by atoms with E-state index >= 15 is 0 Å². The highest BCUT2D eigenvalue weighted by Crippen LogP contribution is 2.26. The van der Waals surface area contributed by atoms with Crippen molar-refractivity contribution in [2.24, 2.45) is 0 Å². The van der Waals surface area contributed by atoms with Crippen molar-refractivity contribution in [3.63, 3.8) is 0 Å². The van der Waals surface area contributed by atoms with Crippen LogP contribution in [-0.2, 0) is 11.2 Å². The molecule has 2 rings (SSSR count). The molecule has 0 saturated heterocycles. The number of hydrogen-bond acceptors (Lipinski definition) is 4. The smallest absolute Gasteiger partial charge is 0.193 e. The number of thiazole rings is 1. The first kappa shape index (κ1) is 13.5. The van der Waals surface area contributed by atoms with Crippen molar-refractivity contribution in [1.82, 2.24) is 9.38 Å². The number of aliphatic hydroxyl groups is 1. The van der Waals surface area contributed by atoms with Crippen LogP contribution in [0.4, 0.5) is 0 Å². The Morgan fingerprint density at radius 2 is 2.22 bits per heavy atom. The van der Waals surface area contributed by atoms with Gasteiger partial charge in [0.15, 0.2) is 4.96 Å². The maximum absolute atomic E-state index is 10.4. The lowest BCUT2D eigenvalue weighted by atomic mass is 9.88. The van der Waals surface area contributed by atoms with Crippen LogP contribution in [0.5, 0.6) is 0 Å². The molecule has 2 aromatic heterocycles. The van der Waals surface area contributed by atoms with Gasteiger partial charge in [-0.25, -0.2) is 4.98 Å². The highest BCUT2D eigenvalue weighted by atomic mass is 32.1. The molecular weight excluding hydrogens is 248 g/mol. The Labute approximate surface area is 111 Å². The lowest BCUT2D eigenvalue weighted by molar-refractivity contribution is -0.107. The van der Waals surface area contributed by atoms with Crippen molar-refractivity contribution in [1.29, 1.82) is 0 Å². The topological polar surface area (TPSA) is 46.8 Å². The van der Waals surface area contributed by atoms with Gasteiger partial charge in [-0.3, -0.25) is 4.40 Å². The standard InChI is InChI=1S/C13H20N2O2S/c1-4-13(5-2,17-3)11(16)8-10-9-15-6-7-18-12(15)14-10/h6-7,9,11,16H,4-5,8H2,1-3H3. The summed E-state index contributed by atoms with van der Waals surface area (Å²) in [6.45, 7) is 4.09. The van der Waals surface area contributed by atoms with E-state index in [2.05, 4.69) is 4.98 Å². The lowest BCUT2D eigenvalue weighted by Gasteiger charge is -2.34. The number of nitrogens with zero attached hydrogens (tertiary/aromatic N) is 2. The summed E-state index contributed by atoms with van der Waals surface area (Å²) < 4.78 is 7.53. The number of aromatic nitrogens is 2. The van der Waals surface area contributed by atoms with Crippen molar-refractivity contribution < 1.29 is 9.84 Å². The Balaban J connectivity index is 2.15. The molecule has 0 aromatic carbocycles. The second-order valence-electron chi connectivity index (χ2n) is 4.52. The molecule has 0 spiro atoms. The minimum Gasteiger partial charge on any atom is -0.390 e. The molecule has 0 aliphatic rings. The Kier molecular flexibility index (Phi) is 4.04. The van der Waals surface area contributed by atoms with Gasteiger partial charge < -0.3 is 9.84 Å². The number of rotatable bonds is 6. The Morgan fingerprint density at radius 3 is 2.78 bits per heavy atom. The third-order valence-electron chi connectivity index (χ3n) is 3.76. The summed E-state index contributed by atoms with van der Waals surface area (Å²) in [6.07, 6.45) is 5.55. The third-order valence-corrected chi connectivity index (χ3v) is 4.53. The number of fused-ring (bicyclic) bond motifs is 1. The summed E-state index contributed by atoms with van der Waals surface area (Å²) >= 11 is 1.60. The van der Waals surface area contributed by atoms with Gasteiger partial charge in [0.25, 0.3) is 0 Å². The van der Waals surface area contributed by atoms with E-state index in [1.165, 1.54) is 0 Å². The van der Waals surface area contributed by atoms with Crippen LogP contribution < -0.4 is 0 Å². The zero-order chi connectivity index (χ0) is 13.2. The fourth-order valence-electron chi connectivity index (χ4n) is 2.40. The molecule has 0 bridgehead atoms. The molecular formula is C13H20N2O2S. The van der Waals surface area contributed by atoms with Gasteiger partial charge in [-0.1, -0.05) is 13.8 Å². The first-order valence-electron chi connectivity index (χ1n) is 6.29. The van der Waals surface area contributed by atoms with Crippen LogP contribution in [0.25, 0.3) is 4.96 Å². The fourth-order valence-corrected chi connectivity index (χ4v) is 3.12. The van der Waals surface area contributed by atoms with Crippen LogP contribution in [0, 0.1) is 0 Å². The van der Waals surface area contributed by atoms with E-state index in [-0.39, 0.29) is 0 Å².